The molecule has 0 bridgehead atoms. The summed E-state index contributed by atoms with van der Waals surface area (Å²) in [5.41, 5.74) is 0.871. The van der Waals surface area contributed by atoms with Crippen molar-refractivity contribution in [3.63, 3.8) is 0 Å². The lowest BCUT2D eigenvalue weighted by Gasteiger charge is -2.33. The van der Waals surface area contributed by atoms with Crippen molar-refractivity contribution >= 4 is 41.2 Å². The zero-order valence-corrected chi connectivity index (χ0v) is 17.9. The molecule has 4 rings (SSSR count). The molecule has 30 heavy (non-hydrogen) atoms. The van der Waals surface area contributed by atoms with Gasteiger partial charge in [0.05, 0.1) is 0 Å². The minimum atomic E-state index is -1.04. The number of nitrogens with zero attached hydrogens (tertiary/aromatic N) is 1. The van der Waals surface area contributed by atoms with Crippen molar-refractivity contribution in [1.29, 1.82) is 0 Å². The highest BCUT2D eigenvalue weighted by atomic mass is 35.5. The molecule has 2 aromatic rings. The Hall–Kier alpha value is -2.51. The van der Waals surface area contributed by atoms with E-state index in [1.165, 1.54) is 0 Å². The van der Waals surface area contributed by atoms with Crippen molar-refractivity contribution in [2.45, 2.75) is 29.7 Å². The van der Waals surface area contributed by atoms with Gasteiger partial charge in [-0.2, -0.15) is 0 Å². The third kappa shape index (κ3) is 4.04. The first kappa shape index (κ1) is 20.8. The molecule has 1 aliphatic carbocycles. The van der Waals surface area contributed by atoms with E-state index in [0.29, 0.717) is 23.7 Å². The van der Waals surface area contributed by atoms with E-state index in [1.807, 2.05) is 48.5 Å². The maximum absolute atomic E-state index is 13.2. The average molecular weight is 444 g/mol. The molecular formula is C22H22ClN3O3S. The lowest BCUT2D eigenvalue weighted by atomic mass is 9.76. The highest BCUT2D eigenvalue weighted by molar-refractivity contribution is 7.99. The van der Waals surface area contributed by atoms with Crippen LogP contribution in [0, 0.1) is 0 Å². The lowest BCUT2D eigenvalue weighted by molar-refractivity contribution is -0.135. The molecule has 0 unspecified atom stereocenters. The van der Waals surface area contributed by atoms with Crippen molar-refractivity contribution in [2.24, 2.45) is 0 Å². The van der Waals surface area contributed by atoms with Gasteiger partial charge < -0.3 is 10.6 Å². The number of amides is 4. The summed E-state index contributed by atoms with van der Waals surface area (Å²) in [6.07, 6.45) is 2.24. The highest BCUT2D eigenvalue weighted by Crippen LogP contribution is 2.39. The molecule has 0 saturated carbocycles. The summed E-state index contributed by atoms with van der Waals surface area (Å²) in [6, 6.07) is 14.7. The predicted octanol–water partition coefficient (Wildman–Crippen LogP) is 3.33. The van der Waals surface area contributed by atoms with Gasteiger partial charge in [-0.05, 0) is 54.7 Å². The number of halogens is 1. The fourth-order valence-electron chi connectivity index (χ4n) is 4.04. The standard InChI is InChI=1S/C22H22ClN3O3S/c23-16-7-9-17(10-8-16)30-13-12-24-19(27)14-26-20(28)22(25-21(26)29)11-3-5-15-4-1-2-6-18(15)22/h1-2,4,6-10H,3,5,11-14H2,(H,24,27)(H,25,29)/t22-/m1/s1. The second-order valence-corrected chi connectivity index (χ2v) is 8.99. The van der Waals surface area contributed by atoms with E-state index in [1.54, 1.807) is 11.8 Å². The Morgan fingerprint density at radius 2 is 1.93 bits per heavy atom. The van der Waals surface area contributed by atoms with E-state index in [9.17, 15) is 14.4 Å². The van der Waals surface area contributed by atoms with E-state index in [4.69, 9.17) is 11.6 Å². The third-order valence-electron chi connectivity index (χ3n) is 5.46. The molecule has 1 aliphatic heterocycles. The SMILES string of the molecule is O=C(CN1C(=O)N[C@@]2(CCCc3ccccc32)C1=O)NCCSc1ccc(Cl)cc1. The number of hydrogen-bond donors (Lipinski definition) is 2. The number of fused-ring (bicyclic) bond motifs is 2. The molecule has 2 aliphatic rings. The number of carbonyl (C=O) groups excluding carboxylic acids is 3. The van der Waals surface area contributed by atoms with Crippen LogP contribution in [0.25, 0.3) is 0 Å². The van der Waals surface area contributed by atoms with Crippen LogP contribution < -0.4 is 10.6 Å². The van der Waals surface area contributed by atoms with Crippen molar-refractivity contribution in [3.05, 3.63) is 64.7 Å². The number of rotatable bonds is 6. The number of benzene rings is 2. The molecule has 2 aromatic carbocycles. The molecule has 0 aromatic heterocycles. The minimum absolute atomic E-state index is 0.278. The largest absolute Gasteiger partial charge is 0.354 e. The molecule has 0 radical (unpaired) electrons. The van der Waals surface area contributed by atoms with E-state index in [2.05, 4.69) is 10.6 Å². The highest BCUT2D eigenvalue weighted by Gasteiger charge is 2.54. The van der Waals surface area contributed by atoms with Crippen LogP contribution in [0.4, 0.5) is 4.79 Å². The van der Waals surface area contributed by atoms with Gasteiger partial charge in [0.2, 0.25) is 5.91 Å². The van der Waals surface area contributed by atoms with Gasteiger partial charge in [-0.1, -0.05) is 35.9 Å². The second-order valence-electron chi connectivity index (χ2n) is 7.39. The van der Waals surface area contributed by atoms with Crippen LogP contribution >= 0.6 is 23.4 Å². The number of imide groups is 1. The fourth-order valence-corrected chi connectivity index (χ4v) is 4.94. The maximum Gasteiger partial charge on any atom is 0.325 e. The topological polar surface area (TPSA) is 78.5 Å². The number of thioether (sulfide) groups is 1. The molecule has 1 heterocycles. The van der Waals surface area contributed by atoms with Crippen molar-refractivity contribution in [1.82, 2.24) is 15.5 Å². The van der Waals surface area contributed by atoms with Gasteiger partial charge >= 0.3 is 6.03 Å². The Morgan fingerprint density at radius 3 is 2.73 bits per heavy atom. The quantitative estimate of drug-likeness (QED) is 0.408. The number of aryl methyl sites for hydroxylation is 1. The van der Waals surface area contributed by atoms with Gasteiger partial charge in [0.1, 0.15) is 12.1 Å². The molecule has 2 N–H and O–H groups in total. The van der Waals surface area contributed by atoms with Crippen LogP contribution in [0.5, 0.6) is 0 Å². The van der Waals surface area contributed by atoms with Crippen LogP contribution in [0.3, 0.4) is 0 Å². The normalized spacial score (nSPS) is 20.2. The Labute approximate surface area is 184 Å². The predicted molar refractivity (Wildman–Crippen MR) is 116 cm³/mol. The minimum Gasteiger partial charge on any atom is -0.354 e. The lowest BCUT2D eigenvalue weighted by Crippen LogP contribution is -2.47. The summed E-state index contributed by atoms with van der Waals surface area (Å²) < 4.78 is 0. The van der Waals surface area contributed by atoms with E-state index in [0.717, 1.165) is 33.8 Å². The molecule has 1 saturated heterocycles. The maximum atomic E-state index is 13.2. The Bertz CT molecular complexity index is 982. The zero-order chi connectivity index (χ0) is 21.1. The molecule has 156 valence electrons. The zero-order valence-electron chi connectivity index (χ0n) is 16.3. The first-order valence-corrected chi connectivity index (χ1v) is 11.2. The summed E-state index contributed by atoms with van der Waals surface area (Å²) in [4.78, 5) is 40.2. The summed E-state index contributed by atoms with van der Waals surface area (Å²) >= 11 is 7.46. The van der Waals surface area contributed by atoms with Crippen LogP contribution in [0.15, 0.2) is 53.4 Å². The van der Waals surface area contributed by atoms with Gasteiger partial charge in [-0.15, -0.1) is 11.8 Å². The third-order valence-corrected chi connectivity index (χ3v) is 6.72. The van der Waals surface area contributed by atoms with Crippen molar-refractivity contribution in [3.8, 4) is 0 Å². The number of hydrogen-bond acceptors (Lipinski definition) is 4. The summed E-state index contributed by atoms with van der Waals surface area (Å²) in [7, 11) is 0. The molecule has 4 amide bonds. The smallest absolute Gasteiger partial charge is 0.325 e. The number of carbonyl (C=O) groups is 3. The van der Waals surface area contributed by atoms with E-state index < -0.39 is 11.6 Å². The first-order valence-electron chi connectivity index (χ1n) is 9.87. The van der Waals surface area contributed by atoms with Crippen LogP contribution in [0.2, 0.25) is 5.02 Å². The van der Waals surface area contributed by atoms with Crippen LogP contribution in [0.1, 0.15) is 24.0 Å². The van der Waals surface area contributed by atoms with Gasteiger partial charge in [0.15, 0.2) is 0 Å². The molecule has 1 spiro atoms. The van der Waals surface area contributed by atoms with Gasteiger partial charge in [0, 0.05) is 22.2 Å². The van der Waals surface area contributed by atoms with Crippen molar-refractivity contribution < 1.29 is 14.4 Å². The monoisotopic (exact) mass is 443 g/mol. The van der Waals surface area contributed by atoms with Crippen molar-refractivity contribution in [2.75, 3.05) is 18.8 Å². The molecule has 1 atom stereocenters. The van der Waals surface area contributed by atoms with E-state index >= 15 is 0 Å². The molecule has 8 heteroatoms. The summed E-state index contributed by atoms with van der Waals surface area (Å²) in [5, 5.41) is 6.33. The van der Waals surface area contributed by atoms with Crippen LogP contribution in [-0.2, 0) is 21.5 Å². The number of nitrogens with one attached hydrogen (secondary N) is 2. The Kier molecular flexibility index (Phi) is 6.01. The second kappa shape index (κ2) is 8.70. The van der Waals surface area contributed by atoms with Crippen LogP contribution in [-0.4, -0.2) is 41.6 Å². The van der Waals surface area contributed by atoms with E-state index in [-0.39, 0.29) is 18.4 Å². The molecule has 1 fully saturated rings. The van der Waals surface area contributed by atoms with Gasteiger partial charge in [-0.3, -0.25) is 14.5 Å². The summed E-state index contributed by atoms with van der Waals surface area (Å²) in [5.74, 6) is -0.0214. The molecular weight excluding hydrogens is 422 g/mol. The first-order chi connectivity index (χ1) is 14.5. The van der Waals surface area contributed by atoms with Gasteiger partial charge in [-0.25, -0.2) is 4.79 Å². The Balaban J connectivity index is 1.34. The van der Waals surface area contributed by atoms with Gasteiger partial charge in [0.25, 0.3) is 5.91 Å². The average Bonchev–Trinajstić information content (AvgIpc) is 2.97. The molecule has 6 nitrogen and oxygen atoms in total. The fraction of sp³-hybridized carbons (Fsp3) is 0.318. The Morgan fingerprint density at radius 1 is 1.17 bits per heavy atom. The number of urea groups is 1. The summed E-state index contributed by atoms with van der Waals surface area (Å²) in [6.45, 7) is 0.157.